The molecule has 12 heterocycles. The monoisotopic (exact) mass is 1970 g/mol. The normalized spacial score (nSPS) is 18.3. The number of fused-ring (bicyclic) bond motifs is 6. The van der Waals surface area contributed by atoms with Gasteiger partial charge in [-0.3, -0.25) is 43.7 Å². The van der Waals surface area contributed by atoms with Crippen LogP contribution in [0.15, 0.2) is 322 Å². The number of methoxy groups -OCH3 is 1. The number of aromatic hydroxyl groups is 2. The fraction of sp³-hybridized carbons (Fsp3) is 0.301. The summed E-state index contributed by atoms with van der Waals surface area (Å²) in [5.74, 6) is 4.85. The number of carbonyl (C=O) groups is 2. The quantitative estimate of drug-likeness (QED) is 0.0289. The first-order valence-electron chi connectivity index (χ1n) is 51.6. The Labute approximate surface area is 857 Å². The average Bonchev–Trinajstić information content (AvgIpc) is 1.65. The van der Waals surface area contributed by atoms with E-state index in [0.29, 0.717) is 52.7 Å². The van der Waals surface area contributed by atoms with Crippen LogP contribution < -0.4 is 14.8 Å². The number of aryl methyl sites for hydroxylation is 2. The molecule has 0 radical (unpaired) electrons. The van der Waals surface area contributed by atoms with E-state index in [4.69, 9.17) is 4.74 Å². The predicted octanol–water partition coefficient (Wildman–Crippen LogP) is 23.7. The molecule has 6 unspecified atom stereocenters. The average molecular weight is 1970 g/mol. The smallest absolute Gasteiger partial charge is 0.253 e. The molecule has 0 bridgehead atoms. The number of phenolic OH excluding ortho intramolecular Hbond substituents is 2. The minimum Gasteiger partial charge on any atom is -0.508 e. The lowest BCUT2D eigenvalue weighted by Gasteiger charge is -2.17. The van der Waals surface area contributed by atoms with Gasteiger partial charge in [-0.15, -0.1) is 0 Å². The predicted molar refractivity (Wildman–Crippen MR) is 594 cm³/mol. The van der Waals surface area contributed by atoms with Gasteiger partial charge in [-0.1, -0.05) is 182 Å². The number of nitrogens with one attached hydrogen (secondary N) is 7. The zero-order valence-electron chi connectivity index (χ0n) is 85.0. The SMILES string of the molecule is CC(=O)Nc1cccc(C2CCN(Cc3c[nH]c4ccccc34)C2)c1.CN(C)C(=O)c1cccc(C2CCN(Cc3c[nH]c4ccccc34)C2)c1.COc1cccc(C2CCN(Cc3c[nH]c4ccccc34)C2)c1.CS(=O)(=O)Nc1cccc(C2CCN(Cc3c[nH]c4ccccc34)C2)c1.Cc1[nH]c2ccccc2c1CN1CCC(c2cccc(O)c2)C1.Cn1cc(CN2CCC(c3cccc(O)c3)C2)c2ccccc21. The molecule has 2 amide bonds. The summed E-state index contributed by atoms with van der Waals surface area (Å²) in [6, 6.07) is 99.2. The maximum absolute atomic E-state index is 12.2. The van der Waals surface area contributed by atoms with Gasteiger partial charge in [0.25, 0.3) is 5.91 Å². The minimum absolute atomic E-state index is 0.0236. The van der Waals surface area contributed by atoms with Gasteiger partial charge in [-0.05, 0) is 296 Å². The van der Waals surface area contributed by atoms with Gasteiger partial charge < -0.3 is 54.7 Å². The molecule has 0 saturated carbocycles. The van der Waals surface area contributed by atoms with E-state index in [1.165, 1.54) is 151 Å². The van der Waals surface area contributed by atoms with Gasteiger partial charge in [0.05, 0.1) is 13.4 Å². The van der Waals surface area contributed by atoms with Crippen LogP contribution in [0.1, 0.15) is 164 Å². The second-order valence-electron chi connectivity index (χ2n) is 40.9. The molecule has 6 aliphatic heterocycles. The van der Waals surface area contributed by atoms with Crippen molar-refractivity contribution < 1.29 is 33.0 Å². The Morgan fingerprint density at radius 1 is 0.384 bits per heavy atom. The lowest BCUT2D eigenvalue weighted by atomic mass is 9.96. The molecule has 146 heavy (non-hydrogen) atoms. The van der Waals surface area contributed by atoms with E-state index in [-0.39, 0.29) is 11.8 Å². The highest BCUT2D eigenvalue weighted by Gasteiger charge is 2.33. The second-order valence-corrected chi connectivity index (χ2v) is 42.7. The number of likely N-dealkylation sites (tertiary alicyclic amines) is 6. The van der Waals surface area contributed by atoms with Crippen molar-refractivity contribution in [3.8, 4) is 17.2 Å². The molecule has 6 saturated heterocycles. The Hall–Kier alpha value is -14.3. The lowest BCUT2D eigenvalue weighted by Crippen LogP contribution is -2.22. The molecule has 12 aromatic carbocycles. The van der Waals surface area contributed by atoms with Crippen LogP contribution in [0.25, 0.3) is 65.4 Å². The molecule has 22 nitrogen and oxygen atoms in total. The number of hydrogen-bond donors (Lipinski definition) is 9. The van der Waals surface area contributed by atoms with Gasteiger partial charge in [0.1, 0.15) is 17.2 Å². The van der Waals surface area contributed by atoms with Crippen molar-refractivity contribution in [1.29, 1.82) is 0 Å². The van der Waals surface area contributed by atoms with Crippen LogP contribution in [0.3, 0.4) is 0 Å². The molecule has 6 fully saturated rings. The number of aromatic nitrogens is 6. The van der Waals surface area contributed by atoms with Crippen LogP contribution in [-0.4, -0.2) is 200 Å². The maximum Gasteiger partial charge on any atom is 0.253 e. The molecule has 23 heteroatoms. The lowest BCUT2D eigenvalue weighted by molar-refractivity contribution is -0.114. The topological polar surface area (TPSA) is 249 Å². The highest BCUT2D eigenvalue weighted by atomic mass is 32.2. The number of aromatic amines is 5. The number of amides is 2. The zero-order chi connectivity index (χ0) is 101. The van der Waals surface area contributed by atoms with Gasteiger partial charge in [-0.25, -0.2) is 8.42 Å². The fourth-order valence-electron chi connectivity index (χ4n) is 22.8. The van der Waals surface area contributed by atoms with E-state index in [1.807, 2.05) is 72.8 Å². The molecule has 752 valence electrons. The third-order valence-corrected chi connectivity index (χ3v) is 30.9. The van der Waals surface area contributed by atoms with E-state index < -0.39 is 10.0 Å². The molecule has 0 spiro atoms. The zero-order valence-corrected chi connectivity index (χ0v) is 85.8. The molecular weight excluding hydrogens is 1830 g/mol. The van der Waals surface area contributed by atoms with Crippen molar-refractivity contribution in [2.24, 2.45) is 7.05 Å². The third kappa shape index (κ3) is 25.1. The van der Waals surface area contributed by atoms with Gasteiger partial charge >= 0.3 is 0 Å². The summed E-state index contributed by atoms with van der Waals surface area (Å²) < 4.78 is 33.0. The standard InChI is InChI=1S/C22H25N3O.C21H23N3O.C20H23N3O2S.3C20H22N2O/c1-24(2)22(26)17-7-5-6-16(12-17)18-10-11-25(14-18)15-19-13-23-21-9-4-3-8-20(19)21;1-15(25)23-19-6-4-5-16(11-19)17-9-10-24(13-17)14-18-12-22-21-8-3-2-7-20(18)21;1-26(24,25)22-18-6-4-5-15(11-18)16-9-10-23(13-16)14-17-12-21-20-8-3-2-7-19(17)20;1-23-18-6-4-5-15(11-18)16-9-10-22(13-16)14-17-12-21-20-8-3-2-7-19(17)20;1-21-12-17(19-7-2-3-8-20(19)21)14-22-10-9-16(13-22)15-5-4-6-18(23)11-15;1-14-19(18-7-2-3-8-20(18)21-14)13-22-10-9-16(12-22)15-5-4-6-17(23)11-15/h3-9,12-13,18,23H,10-11,14-15H2,1-2H3;2-8,11-12,17,22H,9-10,13-14H2,1H3,(H,23,25);2-8,11-12,16,21-22H,9-10,13-14H2,1H3;2-8,11-12,16,21H,9-10,13-14H2,1H3;2-8,11-12,16,23H,9-10,13-14H2,1H3;2-8,11,16,21,23H,9-10,12-13H2,1H3. The van der Waals surface area contributed by atoms with Crippen molar-refractivity contribution in [3.05, 3.63) is 400 Å². The third-order valence-electron chi connectivity index (χ3n) is 30.3. The van der Waals surface area contributed by atoms with Crippen LogP contribution in [0.5, 0.6) is 17.2 Å². The van der Waals surface area contributed by atoms with Crippen molar-refractivity contribution in [2.45, 2.75) is 127 Å². The Bertz CT molecular complexity index is 7630. The number of carbonyl (C=O) groups excluding carboxylic acids is 2. The van der Waals surface area contributed by atoms with Crippen molar-refractivity contribution >= 4 is 98.6 Å². The summed E-state index contributed by atoms with van der Waals surface area (Å²) in [6.45, 7) is 22.6. The van der Waals surface area contributed by atoms with Crippen molar-refractivity contribution in [1.82, 2.24) is 63.8 Å². The maximum atomic E-state index is 12.2. The van der Waals surface area contributed by atoms with Crippen LogP contribution >= 0.6 is 0 Å². The first kappa shape index (κ1) is 100. The van der Waals surface area contributed by atoms with Crippen LogP contribution in [0.2, 0.25) is 0 Å². The number of para-hydroxylation sites is 6. The van der Waals surface area contributed by atoms with Gasteiger partial charge in [0.15, 0.2) is 0 Å². The summed E-state index contributed by atoms with van der Waals surface area (Å²) in [7, 11) is 4.20. The number of ether oxygens (including phenoxy) is 1. The Kier molecular flexibility index (Phi) is 31.9. The summed E-state index contributed by atoms with van der Waals surface area (Å²) in [5.41, 5.74) is 26.9. The van der Waals surface area contributed by atoms with Crippen LogP contribution in [0.4, 0.5) is 11.4 Å². The number of anilines is 2. The number of rotatable bonds is 23. The highest BCUT2D eigenvalue weighted by molar-refractivity contribution is 7.92. The molecule has 24 rings (SSSR count). The van der Waals surface area contributed by atoms with Gasteiger partial charge in [-0.2, -0.15) is 0 Å². The number of benzene rings is 12. The Morgan fingerprint density at radius 3 is 1.12 bits per heavy atom. The van der Waals surface area contributed by atoms with Crippen molar-refractivity contribution in [2.75, 3.05) is 116 Å². The molecule has 6 atom stereocenters. The largest absolute Gasteiger partial charge is 0.508 e. The summed E-state index contributed by atoms with van der Waals surface area (Å²) in [6.07, 6.45) is 18.9. The number of nitrogens with zero attached hydrogens (tertiary/aromatic N) is 8. The summed E-state index contributed by atoms with van der Waals surface area (Å²) in [5, 5.41) is 30.2. The molecule has 6 aromatic heterocycles. The molecule has 18 aromatic rings. The van der Waals surface area contributed by atoms with Gasteiger partial charge in [0, 0.05) is 226 Å². The van der Waals surface area contributed by atoms with E-state index in [0.717, 1.165) is 167 Å². The van der Waals surface area contributed by atoms with Crippen molar-refractivity contribution in [3.63, 3.8) is 0 Å². The number of sulfonamides is 1. The van der Waals surface area contributed by atoms with E-state index in [2.05, 4.69) is 314 Å². The van der Waals surface area contributed by atoms with Crippen LogP contribution in [-0.2, 0) is 61.1 Å². The van der Waals surface area contributed by atoms with E-state index in [9.17, 15) is 28.2 Å². The Morgan fingerprint density at radius 2 is 0.719 bits per heavy atom. The molecule has 0 aliphatic carbocycles. The Balaban J connectivity index is 0.000000111. The highest BCUT2D eigenvalue weighted by Crippen LogP contribution is 2.40. The molecule has 9 N–H and O–H groups in total. The van der Waals surface area contributed by atoms with Crippen LogP contribution in [0, 0.1) is 6.92 Å². The first-order chi connectivity index (χ1) is 71.0. The van der Waals surface area contributed by atoms with E-state index >= 15 is 0 Å². The number of phenols is 2. The molecular formula is C123H137N15O7S. The summed E-state index contributed by atoms with van der Waals surface area (Å²) in [4.78, 5) is 57.2. The minimum atomic E-state index is -3.25. The van der Waals surface area contributed by atoms with E-state index in [1.54, 1.807) is 51.2 Å². The molecule has 6 aliphatic rings. The number of hydrogen-bond acceptors (Lipinski definition) is 13. The fourth-order valence-corrected chi connectivity index (χ4v) is 23.4. The van der Waals surface area contributed by atoms with Gasteiger partial charge in [0.2, 0.25) is 15.9 Å². The first-order valence-corrected chi connectivity index (χ1v) is 53.5. The number of H-pyrrole nitrogens is 5. The second kappa shape index (κ2) is 46.4. The summed E-state index contributed by atoms with van der Waals surface area (Å²) >= 11 is 0.